The highest BCUT2D eigenvalue weighted by molar-refractivity contribution is 7.92. The summed E-state index contributed by atoms with van der Waals surface area (Å²) in [6, 6.07) is 5.05. The Morgan fingerprint density at radius 2 is 1.90 bits per heavy atom. The number of carbonyl (C=O) groups excluding carboxylic acids is 1. The first-order chi connectivity index (χ1) is 9.06. The molecular formula is C14H21NO4S. The second-order valence-electron chi connectivity index (χ2n) is 5.60. The van der Waals surface area contributed by atoms with Crippen molar-refractivity contribution in [2.24, 2.45) is 0 Å². The summed E-state index contributed by atoms with van der Waals surface area (Å²) in [6.45, 7) is 6.45. The van der Waals surface area contributed by atoms with Crippen molar-refractivity contribution in [1.29, 1.82) is 0 Å². The highest BCUT2D eigenvalue weighted by Crippen LogP contribution is 2.18. The van der Waals surface area contributed by atoms with E-state index >= 15 is 0 Å². The van der Waals surface area contributed by atoms with Gasteiger partial charge in [0.25, 0.3) is 0 Å². The molecule has 0 aromatic heterocycles. The van der Waals surface area contributed by atoms with Crippen molar-refractivity contribution >= 4 is 21.5 Å². The Labute approximate surface area is 120 Å². The summed E-state index contributed by atoms with van der Waals surface area (Å²) >= 11 is 0. The largest absolute Gasteiger partial charge is 0.461 e. The van der Waals surface area contributed by atoms with Gasteiger partial charge in [0.2, 0.25) is 0 Å². The molecule has 0 spiro atoms. The third-order valence-electron chi connectivity index (χ3n) is 3.06. The number of nitrogens with two attached hydrogens (primary N) is 1. The van der Waals surface area contributed by atoms with E-state index in [1.807, 2.05) is 0 Å². The van der Waals surface area contributed by atoms with Crippen molar-refractivity contribution in [3.8, 4) is 0 Å². The zero-order chi connectivity index (χ0) is 15.6. The second kappa shape index (κ2) is 5.83. The number of carbonyl (C=O) groups is 1. The molecule has 112 valence electrons. The molecule has 20 heavy (non-hydrogen) atoms. The molecule has 0 amide bonds. The number of hydrogen-bond donors (Lipinski definition) is 1. The molecule has 0 aliphatic rings. The lowest BCUT2D eigenvalue weighted by atomic mass is 10.1. The molecule has 0 radical (unpaired) electrons. The van der Waals surface area contributed by atoms with Crippen LogP contribution in [0.2, 0.25) is 0 Å². The molecule has 0 saturated carbocycles. The first-order valence-electron chi connectivity index (χ1n) is 6.31. The molecule has 5 nitrogen and oxygen atoms in total. The van der Waals surface area contributed by atoms with Crippen LogP contribution in [0.15, 0.2) is 18.2 Å². The van der Waals surface area contributed by atoms with Crippen LogP contribution in [0.3, 0.4) is 0 Å². The van der Waals surface area contributed by atoms with E-state index in [1.165, 1.54) is 0 Å². The van der Waals surface area contributed by atoms with Crippen LogP contribution in [0.4, 0.5) is 5.69 Å². The molecule has 0 aliphatic carbocycles. The average Bonchev–Trinajstić information content (AvgIpc) is 2.30. The Bertz CT molecular complexity index is 600. The lowest BCUT2D eigenvalue weighted by Gasteiger charge is -2.19. The van der Waals surface area contributed by atoms with Crippen molar-refractivity contribution in [2.45, 2.75) is 32.4 Å². The van der Waals surface area contributed by atoms with Crippen molar-refractivity contribution in [1.82, 2.24) is 0 Å². The fraction of sp³-hybridized carbons (Fsp3) is 0.500. The van der Waals surface area contributed by atoms with Crippen molar-refractivity contribution in [3.63, 3.8) is 0 Å². The molecule has 1 aromatic carbocycles. The van der Waals surface area contributed by atoms with Gasteiger partial charge in [0.15, 0.2) is 9.84 Å². The fourth-order valence-corrected chi connectivity index (χ4v) is 2.40. The van der Waals surface area contributed by atoms with Gasteiger partial charge < -0.3 is 10.5 Å². The van der Waals surface area contributed by atoms with E-state index in [9.17, 15) is 13.2 Å². The minimum absolute atomic E-state index is 0.175. The Morgan fingerprint density at radius 3 is 2.45 bits per heavy atom. The number of anilines is 1. The second-order valence-corrected chi connectivity index (χ2v) is 8.47. The van der Waals surface area contributed by atoms with Crippen molar-refractivity contribution < 1.29 is 17.9 Å². The summed E-state index contributed by atoms with van der Waals surface area (Å²) < 4.78 is 27.9. The summed E-state index contributed by atoms with van der Waals surface area (Å²) in [5.74, 6) is -0.802. The van der Waals surface area contributed by atoms with Crippen LogP contribution in [0, 0.1) is 6.92 Å². The number of rotatable bonds is 4. The topological polar surface area (TPSA) is 86.5 Å². The Balaban J connectivity index is 2.68. The van der Waals surface area contributed by atoms with Crippen LogP contribution < -0.4 is 5.73 Å². The average molecular weight is 299 g/mol. The number of benzene rings is 1. The zero-order valence-electron chi connectivity index (χ0n) is 12.3. The molecule has 0 fully saturated rings. The monoisotopic (exact) mass is 299 g/mol. The van der Waals surface area contributed by atoms with E-state index in [4.69, 9.17) is 10.5 Å². The highest BCUT2D eigenvalue weighted by Gasteiger charge is 2.29. The summed E-state index contributed by atoms with van der Waals surface area (Å²) in [4.78, 5) is 11.9. The van der Waals surface area contributed by atoms with E-state index in [2.05, 4.69) is 0 Å². The summed E-state index contributed by atoms with van der Waals surface area (Å²) in [5, 5.41) is 0. The summed E-state index contributed by atoms with van der Waals surface area (Å²) in [6.07, 6.45) is 0. The number of para-hydroxylation sites is 1. The molecule has 2 N–H and O–H groups in total. The first kappa shape index (κ1) is 16.5. The Hall–Kier alpha value is -1.56. The molecule has 0 unspecified atom stereocenters. The predicted octanol–water partition coefficient (Wildman–Crippen LogP) is 1.95. The lowest BCUT2D eigenvalue weighted by molar-refractivity contribution is 0.0530. The highest BCUT2D eigenvalue weighted by atomic mass is 32.2. The van der Waals surface area contributed by atoms with Gasteiger partial charge in [-0.1, -0.05) is 12.1 Å². The third-order valence-corrected chi connectivity index (χ3v) is 5.63. The van der Waals surface area contributed by atoms with Crippen LogP contribution in [0.25, 0.3) is 0 Å². The Kier molecular flexibility index (Phi) is 4.81. The maximum Gasteiger partial charge on any atom is 0.340 e. The lowest BCUT2D eigenvalue weighted by Crippen LogP contribution is -2.32. The number of sulfone groups is 1. The van der Waals surface area contributed by atoms with Crippen molar-refractivity contribution in [2.75, 3.05) is 18.1 Å². The quantitative estimate of drug-likeness (QED) is 0.678. The molecule has 0 atom stereocenters. The molecule has 0 bridgehead atoms. The molecule has 0 aliphatic heterocycles. The predicted molar refractivity (Wildman–Crippen MR) is 79.4 cm³/mol. The number of hydrogen-bond acceptors (Lipinski definition) is 5. The number of nitrogen functional groups attached to an aromatic ring is 1. The van der Waals surface area contributed by atoms with Crippen molar-refractivity contribution in [3.05, 3.63) is 29.3 Å². The molecule has 6 heteroatoms. The number of aryl methyl sites for hydroxylation is 1. The molecule has 0 saturated heterocycles. The van der Waals surface area contributed by atoms with Gasteiger partial charge in [0.05, 0.1) is 16.1 Å². The van der Waals surface area contributed by atoms with Crippen LogP contribution in [0.1, 0.15) is 36.7 Å². The Morgan fingerprint density at radius 1 is 1.30 bits per heavy atom. The first-order valence-corrected chi connectivity index (χ1v) is 7.96. The van der Waals surface area contributed by atoms with E-state index in [1.54, 1.807) is 45.9 Å². The minimum Gasteiger partial charge on any atom is -0.461 e. The maximum atomic E-state index is 11.9. The molecular weight excluding hydrogens is 278 g/mol. The normalized spacial score (nSPS) is 12.2. The maximum absolute atomic E-state index is 11.9. The smallest absolute Gasteiger partial charge is 0.340 e. The fourth-order valence-electron chi connectivity index (χ4n) is 1.49. The van der Waals surface area contributed by atoms with E-state index < -0.39 is 20.6 Å². The van der Waals surface area contributed by atoms with Crippen LogP contribution >= 0.6 is 0 Å². The summed E-state index contributed by atoms with van der Waals surface area (Å²) in [5.41, 5.74) is 7.19. The zero-order valence-corrected chi connectivity index (χ0v) is 13.1. The van der Waals surface area contributed by atoms with Gasteiger partial charge in [-0.2, -0.15) is 0 Å². The number of ether oxygens (including phenoxy) is 1. The van der Waals surface area contributed by atoms with Gasteiger partial charge in [0.1, 0.15) is 6.61 Å². The van der Waals surface area contributed by atoms with Crippen LogP contribution in [-0.2, 0) is 14.6 Å². The van der Waals surface area contributed by atoms with E-state index in [0.717, 1.165) is 5.56 Å². The molecule has 1 aromatic rings. The van der Waals surface area contributed by atoms with Gasteiger partial charge in [-0.05, 0) is 39.3 Å². The van der Waals surface area contributed by atoms with Gasteiger partial charge in [0, 0.05) is 5.69 Å². The van der Waals surface area contributed by atoms with E-state index in [-0.39, 0.29) is 17.9 Å². The van der Waals surface area contributed by atoms with Gasteiger partial charge in [-0.3, -0.25) is 0 Å². The number of esters is 1. The SMILES string of the molecule is Cc1cccc(C(=O)OCCS(=O)(=O)C(C)(C)C)c1N. The summed E-state index contributed by atoms with van der Waals surface area (Å²) in [7, 11) is -3.30. The third kappa shape index (κ3) is 3.72. The van der Waals surface area contributed by atoms with Gasteiger partial charge in [-0.15, -0.1) is 0 Å². The molecule has 0 heterocycles. The van der Waals surface area contributed by atoms with Crippen LogP contribution in [-0.4, -0.2) is 31.5 Å². The van der Waals surface area contributed by atoms with E-state index in [0.29, 0.717) is 5.69 Å². The molecule has 1 rings (SSSR count). The van der Waals surface area contributed by atoms with Crippen LogP contribution in [0.5, 0.6) is 0 Å². The van der Waals surface area contributed by atoms with Gasteiger partial charge >= 0.3 is 5.97 Å². The standard InChI is InChI=1S/C14H21NO4S/c1-10-6-5-7-11(12(10)15)13(16)19-8-9-20(17,18)14(2,3)4/h5-7H,8-9,15H2,1-4H3. The minimum atomic E-state index is -3.30. The van der Waals surface area contributed by atoms with Gasteiger partial charge in [-0.25, -0.2) is 13.2 Å².